The number of halogens is 2. The molecule has 0 bridgehead atoms. The summed E-state index contributed by atoms with van der Waals surface area (Å²) >= 11 is 13.8. The smallest absolute Gasteiger partial charge is 0.227 e. The number of carbonyl (C=O) groups excluding carboxylic acids is 1. The Morgan fingerprint density at radius 3 is 2.68 bits per heavy atom. The van der Waals surface area contributed by atoms with Gasteiger partial charge in [-0.25, -0.2) is 4.98 Å². The minimum Gasteiger partial charge on any atom is -0.342 e. The molecule has 3 rings (SSSR count). The standard InChI is InChI=1S/C24H33Cl2N3OS/c1-3-4-5-6-10-27-21-8-7-11-29(12-9-21)23(30)16-22-17(2)28-24(31-22)18-13-19(25)15-20(26)14-18/h13-15,21,27H,3-12,16H2,1-2H3. The molecule has 7 heteroatoms. The van der Waals surface area contributed by atoms with E-state index in [4.69, 9.17) is 23.2 Å². The molecule has 170 valence electrons. The summed E-state index contributed by atoms with van der Waals surface area (Å²) in [5.41, 5.74) is 1.80. The minimum absolute atomic E-state index is 0.200. The molecule has 0 spiro atoms. The van der Waals surface area contributed by atoms with Crippen LogP contribution in [0.5, 0.6) is 0 Å². The Morgan fingerprint density at radius 1 is 1.16 bits per heavy atom. The predicted octanol–water partition coefficient (Wildman–Crippen LogP) is 6.52. The first kappa shape index (κ1) is 24.5. The molecule has 1 amide bonds. The highest BCUT2D eigenvalue weighted by Gasteiger charge is 2.22. The van der Waals surface area contributed by atoms with Crippen molar-refractivity contribution in [1.82, 2.24) is 15.2 Å². The van der Waals surface area contributed by atoms with Crippen LogP contribution in [0.1, 0.15) is 62.4 Å². The summed E-state index contributed by atoms with van der Waals surface area (Å²) in [4.78, 5) is 20.7. The van der Waals surface area contributed by atoms with Gasteiger partial charge in [0.2, 0.25) is 5.91 Å². The number of aromatic nitrogens is 1. The SMILES string of the molecule is CCCCCCNC1CCCN(C(=O)Cc2sc(-c3cc(Cl)cc(Cl)c3)nc2C)CC1. The van der Waals surface area contributed by atoms with E-state index in [2.05, 4.69) is 17.2 Å². The Bertz CT molecular complexity index is 850. The number of hydrogen-bond donors (Lipinski definition) is 1. The molecule has 0 radical (unpaired) electrons. The van der Waals surface area contributed by atoms with E-state index < -0.39 is 0 Å². The fourth-order valence-corrected chi connectivity index (χ4v) is 5.62. The van der Waals surface area contributed by atoms with Crippen molar-refractivity contribution in [3.8, 4) is 10.6 Å². The number of rotatable bonds is 9. The van der Waals surface area contributed by atoms with Crippen LogP contribution in [0.25, 0.3) is 10.6 Å². The van der Waals surface area contributed by atoms with Gasteiger partial charge >= 0.3 is 0 Å². The number of thiazole rings is 1. The fourth-order valence-electron chi connectivity index (χ4n) is 4.05. The second-order valence-electron chi connectivity index (χ2n) is 8.39. The zero-order chi connectivity index (χ0) is 22.2. The largest absolute Gasteiger partial charge is 0.342 e. The second kappa shape index (κ2) is 12.2. The van der Waals surface area contributed by atoms with Gasteiger partial charge in [0.05, 0.1) is 12.1 Å². The summed E-state index contributed by atoms with van der Waals surface area (Å²) in [6, 6.07) is 5.97. The Kier molecular flexibility index (Phi) is 9.64. The van der Waals surface area contributed by atoms with Crippen LogP contribution in [0.15, 0.2) is 18.2 Å². The molecule has 0 aliphatic carbocycles. The number of aryl methyl sites for hydroxylation is 1. The van der Waals surface area contributed by atoms with Crippen LogP contribution in [-0.2, 0) is 11.2 Å². The Morgan fingerprint density at radius 2 is 1.94 bits per heavy atom. The summed E-state index contributed by atoms with van der Waals surface area (Å²) in [6.45, 7) is 6.98. The van der Waals surface area contributed by atoms with E-state index in [1.54, 1.807) is 17.4 Å². The maximum atomic E-state index is 13.0. The lowest BCUT2D eigenvalue weighted by Crippen LogP contribution is -2.35. The van der Waals surface area contributed by atoms with Gasteiger partial charge in [-0.2, -0.15) is 0 Å². The first-order valence-corrected chi connectivity index (χ1v) is 13.0. The number of benzene rings is 1. The predicted molar refractivity (Wildman–Crippen MR) is 132 cm³/mol. The molecule has 1 N–H and O–H groups in total. The third kappa shape index (κ3) is 7.45. The van der Waals surface area contributed by atoms with Gasteiger partial charge in [-0.1, -0.05) is 49.4 Å². The maximum Gasteiger partial charge on any atom is 0.227 e. The normalized spacial score (nSPS) is 17.0. The molecule has 1 aliphatic heterocycles. The molecule has 2 aromatic rings. The third-order valence-electron chi connectivity index (χ3n) is 5.86. The van der Waals surface area contributed by atoms with Crippen molar-refractivity contribution in [2.24, 2.45) is 0 Å². The quantitative estimate of drug-likeness (QED) is 0.414. The van der Waals surface area contributed by atoms with E-state index >= 15 is 0 Å². The molecule has 0 saturated carbocycles. The zero-order valence-electron chi connectivity index (χ0n) is 18.6. The van der Waals surface area contributed by atoms with Crippen LogP contribution in [0.3, 0.4) is 0 Å². The molecule has 2 heterocycles. The molecule has 1 aliphatic rings. The second-order valence-corrected chi connectivity index (χ2v) is 10.3. The number of amides is 1. The third-order valence-corrected chi connectivity index (χ3v) is 7.50. The minimum atomic E-state index is 0.200. The van der Waals surface area contributed by atoms with Crippen molar-refractivity contribution in [1.29, 1.82) is 0 Å². The van der Waals surface area contributed by atoms with Gasteiger partial charge in [0.1, 0.15) is 5.01 Å². The summed E-state index contributed by atoms with van der Waals surface area (Å²) in [5, 5.41) is 5.73. The molecule has 4 nitrogen and oxygen atoms in total. The van der Waals surface area contributed by atoms with Crippen LogP contribution in [0.2, 0.25) is 10.0 Å². The topological polar surface area (TPSA) is 45.2 Å². The molecule has 1 aromatic carbocycles. The summed E-state index contributed by atoms with van der Waals surface area (Å²) < 4.78 is 0. The average Bonchev–Trinajstić information content (AvgIpc) is 2.94. The molecule has 1 saturated heterocycles. The van der Waals surface area contributed by atoms with E-state index in [1.807, 2.05) is 24.0 Å². The molecular formula is C24H33Cl2N3OS. The van der Waals surface area contributed by atoms with Gasteiger partial charge in [0.15, 0.2) is 0 Å². The van der Waals surface area contributed by atoms with Gasteiger partial charge in [0, 0.05) is 39.6 Å². The van der Waals surface area contributed by atoms with Crippen molar-refractivity contribution >= 4 is 40.4 Å². The Hall–Kier alpha value is -1.14. The number of nitrogens with zero attached hydrogens (tertiary/aromatic N) is 2. The van der Waals surface area contributed by atoms with Crippen LogP contribution in [0, 0.1) is 6.92 Å². The molecule has 31 heavy (non-hydrogen) atoms. The van der Waals surface area contributed by atoms with Crippen molar-refractivity contribution in [2.45, 2.75) is 71.3 Å². The highest BCUT2D eigenvalue weighted by atomic mass is 35.5. The summed E-state index contributed by atoms with van der Waals surface area (Å²) in [7, 11) is 0. The van der Waals surface area contributed by atoms with Crippen molar-refractivity contribution in [3.63, 3.8) is 0 Å². The lowest BCUT2D eigenvalue weighted by atomic mass is 10.1. The summed E-state index contributed by atoms with van der Waals surface area (Å²) in [5.74, 6) is 0.200. The molecule has 1 aromatic heterocycles. The average molecular weight is 483 g/mol. The van der Waals surface area contributed by atoms with E-state index in [9.17, 15) is 4.79 Å². The van der Waals surface area contributed by atoms with E-state index in [0.717, 1.165) is 60.0 Å². The van der Waals surface area contributed by atoms with E-state index in [1.165, 1.54) is 25.7 Å². The van der Waals surface area contributed by atoms with Crippen molar-refractivity contribution in [2.75, 3.05) is 19.6 Å². The molecule has 1 atom stereocenters. The molecular weight excluding hydrogens is 449 g/mol. The van der Waals surface area contributed by atoms with E-state index in [0.29, 0.717) is 22.5 Å². The van der Waals surface area contributed by atoms with Gasteiger partial charge < -0.3 is 10.2 Å². The summed E-state index contributed by atoms with van der Waals surface area (Å²) in [6.07, 6.45) is 8.80. The molecule has 1 unspecified atom stereocenters. The van der Waals surface area contributed by atoms with Gasteiger partial charge in [0.25, 0.3) is 0 Å². The fraction of sp³-hybridized carbons (Fsp3) is 0.583. The lowest BCUT2D eigenvalue weighted by molar-refractivity contribution is -0.130. The van der Waals surface area contributed by atoms with Crippen LogP contribution >= 0.6 is 34.5 Å². The number of nitrogens with one attached hydrogen (secondary N) is 1. The number of carbonyl (C=O) groups is 1. The highest BCUT2D eigenvalue weighted by molar-refractivity contribution is 7.15. The Balaban J connectivity index is 1.54. The first-order valence-electron chi connectivity index (χ1n) is 11.4. The molecule has 1 fully saturated rings. The van der Waals surface area contributed by atoms with Crippen molar-refractivity contribution < 1.29 is 4.79 Å². The highest BCUT2D eigenvalue weighted by Crippen LogP contribution is 2.32. The number of likely N-dealkylation sites (tertiary alicyclic amines) is 1. The number of hydrogen-bond acceptors (Lipinski definition) is 4. The van der Waals surface area contributed by atoms with Gasteiger partial charge in [-0.15, -0.1) is 11.3 Å². The number of unbranched alkanes of at least 4 members (excludes halogenated alkanes) is 3. The van der Waals surface area contributed by atoms with Gasteiger partial charge in [-0.05, 0) is 57.4 Å². The van der Waals surface area contributed by atoms with Crippen molar-refractivity contribution in [3.05, 3.63) is 38.8 Å². The van der Waals surface area contributed by atoms with Gasteiger partial charge in [-0.3, -0.25) is 4.79 Å². The lowest BCUT2D eigenvalue weighted by Gasteiger charge is -2.21. The Labute approximate surface area is 200 Å². The van der Waals surface area contributed by atoms with Crippen LogP contribution in [-0.4, -0.2) is 41.5 Å². The maximum absolute atomic E-state index is 13.0. The van der Waals surface area contributed by atoms with Crippen LogP contribution < -0.4 is 5.32 Å². The monoisotopic (exact) mass is 481 g/mol. The van der Waals surface area contributed by atoms with Crippen LogP contribution in [0.4, 0.5) is 0 Å². The first-order chi connectivity index (χ1) is 15.0. The van der Waals surface area contributed by atoms with E-state index in [-0.39, 0.29) is 5.91 Å². The zero-order valence-corrected chi connectivity index (χ0v) is 20.9.